The summed E-state index contributed by atoms with van der Waals surface area (Å²) in [5, 5.41) is 13.1. The first-order valence-corrected chi connectivity index (χ1v) is 10.4. The number of rotatable bonds is 3. The average molecular weight is 404 g/mol. The third-order valence-corrected chi connectivity index (χ3v) is 6.13. The van der Waals surface area contributed by atoms with E-state index in [1.807, 2.05) is 58.8 Å². The van der Waals surface area contributed by atoms with E-state index < -0.39 is 0 Å². The van der Waals surface area contributed by atoms with Gasteiger partial charge in [-0.2, -0.15) is 9.61 Å². The highest BCUT2D eigenvalue weighted by atomic mass is 16.2. The molecule has 0 bridgehead atoms. The zero-order valence-electron chi connectivity index (χ0n) is 16.9. The van der Waals surface area contributed by atoms with E-state index in [1.165, 1.54) is 0 Å². The number of para-hydroxylation sites is 1. The summed E-state index contributed by atoms with van der Waals surface area (Å²) in [4.78, 5) is 29.2. The number of carbonyl (C=O) groups excluding carboxylic acids is 2. The maximum Gasteiger partial charge on any atom is 0.228 e. The molecule has 0 spiro atoms. The van der Waals surface area contributed by atoms with Crippen molar-refractivity contribution in [1.29, 1.82) is 0 Å². The van der Waals surface area contributed by atoms with Crippen molar-refractivity contribution in [3.05, 3.63) is 54.0 Å². The molecule has 2 aliphatic heterocycles. The molecule has 2 amide bonds. The Bertz CT molecular complexity index is 1090. The fourth-order valence-corrected chi connectivity index (χ4v) is 4.50. The molecule has 5 rings (SSSR count). The quantitative estimate of drug-likeness (QED) is 0.668. The second kappa shape index (κ2) is 7.51. The Kier molecular flexibility index (Phi) is 4.69. The fraction of sp³-hybridized carbons (Fsp3) is 0.409. The van der Waals surface area contributed by atoms with Gasteiger partial charge in [0.05, 0.1) is 11.6 Å². The van der Waals surface area contributed by atoms with E-state index in [2.05, 4.69) is 15.3 Å². The summed E-state index contributed by atoms with van der Waals surface area (Å²) in [6, 6.07) is 13.4. The van der Waals surface area contributed by atoms with Crippen molar-refractivity contribution in [2.45, 2.75) is 32.1 Å². The third kappa shape index (κ3) is 3.32. The molecule has 1 aromatic carbocycles. The van der Waals surface area contributed by atoms with Crippen molar-refractivity contribution >= 4 is 23.1 Å². The van der Waals surface area contributed by atoms with Gasteiger partial charge in [0.25, 0.3) is 0 Å². The van der Waals surface area contributed by atoms with Gasteiger partial charge in [0, 0.05) is 37.7 Å². The normalized spacial score (nSPS) is 20.3. The van der Waals surface area contributed by atoms with E-state index in [-0.39, 0.29) is 30.1 Å². The van der Waals surface area contributed by atoms with Crippen molar-refractivity contribution in [2.75, 3.05) is 24.5 Å². The van der Waals surface area contributed by atoms with Gasteiger partial charge in [0.2, 0.25) is 11.8 Å². The van der Waals surface area contributed by atoms with Gasteiger partial charge in [-0.05, 0) is 44.0 Å². The number of fused-ring (bicyclic) bond motifs is 1. The van der Waals surface area contributed by atoms with Crippen molar-refractivity contribution in [3.8, 4) is 0 Å². The predicted molar refractivity (Wildman–Crippen MR) is 111 cm³/mol. The number of anilines is 1. The molecular weight excluding hydrogens is 380 g/mol. The number of piperidine rings is 1. The SMILES string of the molecule is Cc1ccc2nnc(C3CCN(C(=O)C4CC(=O)N(c5ccccc5)C4)CC3)n2n1. The number of aryl methyl sites for hydroxylation is 1. The fourth-order valence-electron chi connectivity index (χ4n) is 4.50. The number of hydrogen-bond donors (Lipinski definition) is 0. The number of amides is 2. The molecule has 0 saturated carbocycles. The highest BCUT2D eigenvalue weighted by Gasteiger charge is 2.38. The highest BCUT2D eigenvalue weighted by Crippen LogP contribution is 2.30. The van der Waals surface area contributed by atoms with Crippen LogP contribution in [0, 0.1) is 12.8 Å². The van der Waals surface area contributed by atoms with Gasteiger partial charge in [0.15, 0.2) is 11.5 Å². The molecular formula is C22H24N6O2. The van der Waals surface area contributed by atoms with Crippen LogP contribution in [0.2, 0.25) is 0 Å². The molecule has 30 heavy (non-hydrogen) atoms. The molecule has 4 heterocycles. The average Bonchev–Trinajstić information content (AvgIpc) is 3.37. The maximum absolute atomic E-state index is 13.1. The molecule has 0 N–H and O–H groups in total. The van der Waals surface area contributed by atoms with E-state index in [9.17, 15) is 9.59 Å². The first-order valence-electron chi connectivity index (χ1n) is 10.4. The molecule has 1 unspecified atom stereocenters. The lowest BCUT2D eigenvalue weighted by Crippen LogP contribution is -2.42. The zero-order chi connectivity index (χ0) is 20.7. The molecule has 8 heteroatoms. The standard InChI is InChI=1S/C22H24N6O2/c1-15-7-8-19-23-24-21(28(19)25-15)16-9-11-26(12-10-16)22(30)17-13-20(29)27(14-17)18-5-3-2-4-6-18/h2-8,16-17H,9-14H2,1H3. The molecule has 154 valence electrons. The summed E-state index contributed by atoms with van der Waals surface area (Å²) in [6.07, 6.45) is 1.93. The minimum Gasteiger partial charge on any atom is -0.342 e. The molecule has 2 fully saturated rings. The molecule has 2 aromatic heterocycles. The minimum atomic E-state index is -0.271. The zero-order valence-corrected chi connectivity index (χ0v) is 16.9. The predicted octanol–water partition coefficient (Wildman–Crippen LogP) is 2.19. The number of benzene rings is 1. The Morgan fingerprint density at radius 2 is 1.80 bits per heavy atom. The lowest BCUT2D eigenvalue weighted by atomic mass is 9.94. The number of hydrogen-bond acceptors (Lipinski definition) is 5. The molecule has 2 aliphatic rings. The third-order valence-electron chi connectivity index (χ3n) is 6.13. The molecule has 0 aliphatic carbocycles. The Hall–Kier alpha value is -3.29. The Balaban J connectivity index is 1.24. The summed E-state index contributed by atoms with van der Waals surface area (Å²) in [6.45, 7) is 3.74. The first kappa shape index (κ1) is 18.7. The van der Waals surface area contributed by atoms with Crippen LogP contribution in [-0.4, -0.2) is 56.2 Å². The van der Waals surface area contributed by atoms with E-state index in [0.717, 1.165) is 35.7 Å². The monoisotopic (exact) mass is 404 g/mol. The molecule has 1 atom stereocenters. The van der Waals surface area contributed by atoms with Crippen LogP contribution >= 0.6 is 0 Å². The van der Waals surface area contributed by atoms with Gasteiger partial charge in [-0.3, -0.25) is 9.59 Å². The van der Waals surface area contributed by atoms with Gasteiger partial charge in [0.1, 0.15) is 0 Å². The maximum atomic E-state index is 13.1. The first-order chi connectivity index (χ1) is 14.6. The minimum absolute atomic E-state index is 0.0193. The van der Waals surface area contributed by atoms with Crippen molar-refractivity contribution < 1.29 is 9.59 Å². The van der Waals surface area contributed by atoms with Gasteiger partial charge in [-0.15, -0.1) is 10.2 Å². The number of aromatic nitrogens is 4. The van der Waals surface area contributed by atoms with Crippen LogP contribution in [0.5, 0.6) is 0 Å². The van der Waals surface area contributed by atoms with Crippen molar-refractivity contribution in [3.63, 3.8) is 0 Å². The van der Waals surface area contributed by atoms with Gasteiger partial charge in [-0.25, -0.2) is 0 Å². The number of likely N-dealkylation sites (tertiary alicyclic amines) is 1. The molecule has 3 aromatic rings. The van der Waals surface area contributed by atoms with Crippen LogP contribution in [0.15, 0.2) is 42.5 Å². The summed E-state index contributed by atoms with van der Waals surface area (Å²) < 4.78 is 1.82. The molecule has 8 nitrogen and oxygen atoms in total. The van der Waals surface area contributed by atoms with Gasteiger partial charge in [-0.1, -0.05) is 18.2 Å². The second-order valence-electron chi connectivity index (χ2n) is 8.14. The van der Waals surface area contributed by atoms with Crippen LogP contribution in [0.4, 0.5) is 5.69 Å². The van der Waals surface area contributed by atoms with E-state index in [1.54, 1.807) is 4.90 Å². The van der Waals surface area contributed by atoms with Crippen LogP contribution in [0.25, 0.3) is 5.65 Å². The largest absolute Gasteiger partial charge is 0.342 e. The van der Waals surface area contributed by atoms with Gasteiger partial charge < -0.3 is 9.80 Å². The van der Waals surface area contributed by atoms with E-state index in [4.69, 9.17) is 0 Å². The van der Waals surface area contributed by atoms with Crippen molar-refractivity contribution in [1.82, 2.24) is 24.7 Å². The second-order valence-corrected chi connectivity index (χ2v) is 8.14. The number of nitrogens with zero attached hydrogens (tertiary/aromatic N) is 6. The van der Waals surface area contributed by atoms with Gasteiger partial charge >= 0.3 is 0 Å². The van der Waals surface area contributed by atoms with Crippen LogP contribution in [0.1, 0.15) is 36.7 Å². The van der Waals surface area contributed by atoms with Crippen molar-refractivity contribution in [2.24, 2.45) is 5.92 Å². The van der Waals surface area contributed by atoms with E-state index >= 15 is 0 Å². The molecule has 0 radical (unpaired) electrons. The number of carbonyl (C=O) groups is 2. The summed E-state index contributed by atoms with van der Waals surface area (Å²) in [7, 11) is 0. The highest BCUT2D eigenvalue weighted by molar-refractivity contribution is 6.00. The van der Waals surface area contributed by atoms with Crippen LogP contribution in [-0.2, 0) is 9.59 Å². The molecule has 2 saturated heterocycles. The topological polar surface area (TPSA) is 83.7 Å². The van der Waals surface area contributed by atoms with E-state index in [0.29, 0.717) is 19.6 Å². The Morgan fingerprint density at radius 3 is 2.57 bits per heavy atom. The Morgan fingerprint density at radius 1 is 1.03 bits per heavy atom. The summed E-state index contributed by atoms with van der Waals surface area (Å²) in [5.41, 5.74) is 2.53. The lowest BCUT2D eigenvalue weighted by Gasteiger charge is -2.32. The lowest BCUT2D eigenvalue weighted by molar-refractivity contribution is -0.136. The Labute approximate surface area is 174 Å². The smallest absolute Gasteiger partial charge is 0.228 e. The van der Waals surface area contributed by atoms with Crippen LogP contribution in [0.3, 0.4) is 0 Å². The summed E-state index contributed by atoms with van der Waals surface area (Å²) in [5.74, 6) is 0.926. The van der Waals surface area contributed by atoms with Crippen LogP contribution < -0.4 is 4.90 Å². The summed E-state index contributed by atoms with van der Waals surface area (Å²) >= 11 is 0.